The molecule has 1 atom stereocenters. The molecule has 7 heteroatoms. The first-order valence-electron chi connectivity index (χ1n) is 6.38. The van der Waals surface area contributed by atoms with Crippen LogP contribution in [0.1, 0.15) is 18.4 Å². The zero-order valence-electron chi connectivity index (χ0n) is 11.5. The third kappa shape index (κ3) is 3.59. The van der Waals surface area contributed by atoms with Crippen LogP contribution in [0.5, 0.6) is 0 Å². The third-order valence-electron chi connectivity index (χ3n) is 3.18. The van der Waals surface area contributed by atoms with Crippen LogP contribution < -0.4 is 5.32 Å². The molecule has 5 nitrogen and oxygen atoms in total. The summed E-state index contributed by atoms with van der Waals surface area (Å²) in [6.45, 7) is 1.67. The van der Waals surface area contributed by atoms with Crippen molar-refractivity contribution < 1.29 is 14.1 Å². The molecule has 1 amide bonds. The number of carbonyl (C=O) groups is 1. The SMILES string of the molecule is CC(C(=O)Nc1ccc(F)c(Cl)c1)c1ccc([N+](=O)[O-])cc1. The van der Waals surface area contributed by atoms with E-state index in [1.54, 1.807) is 6.92 Å². The van der Waals surface area contributed by atoms with Gasteiger partial charge in [0.1, 0.15) is 5.82 Å². The molecule has 1 unspecified atom stereocenters. The van der Waals surface area contributed by atoms with Crippen molar-refractivity contribution in [3.05, 3.63) is 69.0 Å². The molecule has 114 valence electrons. The van der Waals surface area contributed by atoms with Crippen molar-refractivity contribution in [2.75, 3.05) is 5.32 Å². The molecule has 0 aliphatic rings. The van der Waals surface area contributed by atoms with Gasteiger partial charge >= 0.3 is 0 Å². The van der Waals surface area contributed by atoms with Crippen LogP contribution in [0.4, 0.5) is 15.8 Å². The molecule has 0 aliphatic carbocycles. The average Bonchev–Trinajstić information content (AvgIpc) is 2.50. The molecule has 2 aromatic carbocycles. The van der Waals surface area contributed by atoms with Crippen molar-refractivity contribution >= 4 is 28.9 Å². The summed E-state index contributed by atoms with van der Waals surface area (Å²) in [5.41, 5.74) is 0.975. The number of hydrogen-bond acceptors (Lipinski definition) is 3. The second kappa shape index (κ2) is 6.53. The number of nitrogens with zero attached hydrogens (tertiary/aromatic N) is 1. The molecule has 0 fully saturated rings. The van der Waals surface area contributed by atoms with Gasteiger partial charge in [0.15, 0.2) is 0 Å². The molecule has 0 aliphatic heterocycles. The number of halogens is 2. The maximum Gasteiger partial charge on any atom is 0.269 e. The van der Waals surface area contributed by atoms with Crippen LogP contribution in [0.3, 0.4) is 0 Å². The fourth-order valence-electron chi connectivity index (χ4n) is 1.86. The lowest BCUT2D eigenvalue weighted by atomic mass is 10.00. The highest BCUT2D eigenvalue weighted by Crippen LogP contribution is 2.23. The second-order valence-corrected chi connectivity index (χ2v) is 5.10. The van der Waals surface area contributed by atoms with E-state index in [0.29, 0.717) is 11.3 Å². The Kier molecular flexibility index (Phi) is 4.72. The molecule has 0 heterocycles. The summed E-state index contributed by atoms with van der Waals surface area (Å²) < 4.78 is 13.1. The van der Waals surface area contributed by atoms with Gasteiger partial charge in [-0.1, -0.05) is 23.7 Å². The smallest absolute Gasteiger partial charge is 0.269 e. The number of nitrogens with one attached hydrogen (secondary N) is 1. The Bertz CT molecular complexity index is 719. The van der Waals surface area contributed by atoms with Gasteiger partial charge < -0.3 is 5.32 Å². The Morgan fingerprint density at radius 2 is 1.91 bits per heavy atom. The number of benzene rings is 2. The van der Waals surface area contributed by atoms with Crippen LogP contribution in [0.2, 0.25) is 5.02 Å². The minimum Gasteiger partial charge on any atom is -0.326 e. The molecule has 0 aromatic heterocycles. The average molecular weight is 323 g/mol. The lowest BCUT2D eigenvalue weighted by Crippen LogP contribution is -2.18. The maximum absolute atomic E-state index is 13.1. The standard InChI is InChI=1S/C15H12ClFN2O3/c1-9(10-2-5-12(6-3-10)19(21)22)15(20)18-11-4-7-14(17)13(16)8-11/h2-9H,1H3,(H,18,20). The number of nitro benzene ring substituents is 1. The van der Waals surface area contributed by atoms with E-state index in [9.17, 15) is 19.3 Å². The summed E-state index contributed by atoms with van der Waals surface area (Å²) in [7, 11) is 0. The molecule has 1 N–H and O–H groups in total. The summed E-state index contributed by atoms with van der Waals surface area (Å²) in [5, 5.41) is 13.1. The minimum absolute atomic E-state index is 0.0401. The topological polar surface area (TPSA) is 72.2 Å². The highest BCUT2D eigenvalue weighted by Gasteiger charge is 2.17. The number of anilines is 1. The van der Waals surface area contributed by atoms with Gasteiger partial charge in [-0.15, -0.1) is 0 Å². The Morgan fingerprint density at radius 3 is 2.45 bits per heavy atom. The van der Waals surface area contributed by atoms with Crippen molar-refractivity contribution in [1.29, 1.82) is 0 Å². The van der Waals surface area contributed by atoms with Crippen LogP contribution in [0, 0.1) is 15.9 Å². The van der Waals surface area contributed by atoms with Crippen LogP contribution in [-0.2, 0) is 4.79 Å². The largest absolute Gasteiger partial charge is 0.326 e. The highest BCUT2D eigenvalue weighted by atomic mass is 35.5. The lowest BCUT2D eigenvalue weighted by molar-refractivity contribution is -0.384. The monoisotopic (exact) mass is 322 g/mol. The number of hydrogen-bond donors (Lipinski definition) is 1. The number of amides is 1. The zero-order chi connectivity index (χ0) is 16.3. The van der Waals surface area contributed by atoms with Gasteiger partial charge in [0.05, 0.1) is 15.9 Å². The van der Waals surface area contributed by atoms with E-state index in [-0.39, 0.29) is 16.6 Å². The molecule has 2 rings (SSSR count). The van der Waals surface area contributed by atoms with E-state index in [1.807, 2.05) is 0 Å². The molecule has 2 aromatic rings. The zero-order valence-corrected chi connectivity index (χ0v) is 12.3. The van der Waals surface area contributed by atoms with Crippen LogP contribution in [-0.4, -0.2) is 10.8 Å². The van der Waals surface area contributed by atoms with Gasteiger partial charge in [-0.3, -0.25) is 14.9 Å². The molecule has 0 saturated carbocycles. The Labute approximate surface area is 130 Å². The van der Waals surface area contributed by atoms with E-state index in [1.165, 1.54) is 36.4 Å². The van der Waals surface area contributed by atoms with Gasteiger partial charge in [0.25, 0.3) is 5.69 Å². The maximum atomic E-state index is 13.1. The number of carbonyl (C=O) groups excluding carboxylic acids is 1. The summed E-state index contributed by atoms with van der Waals surface area (Å²) in [6.07, 6.45) is 0. The molecule has 0 bridgehead atoms. The van der Waals surface area contributed by atoms with E-state index in [2.05, 4.69) is 5.32 Å². The molecule has 0 spiro atoms. The lowest BCUT2D eigenvalue weighted by Gasteiger charge is -2.12. The molecular formula is C15H12ClFN2O3. The van der Waals surface area contributed by atoms with Crippen LogP contribution in [0.25, 0.3) is 0 Å². The normalized spacial score (nSPS) is 11.8. The molecule has 22 heavy (non-hydrogen) atoms. The van der Waals surface area contributed by atoms with E-state index in [4.69, 9.17) is 11.6 Å². The number of rotatable bonds is 4. The summed E-state index contributed by atoms with van der Waals surface area (Å²) in [6, 6.07) is 9.62. The summed E-state index contributed by atoms with van der Waals surface area (Å²) in [5.74, 6) is -1.41. The first kappa shape index (κ1) is 15.9. The fraction of sp³-hybridized carbons (Fsp3) is 0.133. The van der Waals surface area contributed by atoms with Crippen molar-refractivity contribution in [1.82, 2.24) is 0 Å². The van der Waals surface area contributed by atoms with Crippen molar-refractivity contribution in [3.63, 3.8) is 0 Å². The van der Waals surface area contributed by atoms with Gasteiger partial charge in [0, 0.05) is 17.8 Å². The number of nitro groups is 1. The first-order chi connectivity index (χ1) is 10.4. The summed E-state index contributed by atoms with van der Waals surface area (Å²) in [4.78, 5) is 22.2. The van der Waals surface area contributed by atoms with Crippen molar-refractivity contribution in [2.24, 2.45) is 0 Å². The minimum atomic E-state index is -0.567. The predicted octanol–water partition coefficient (Wildman–Crippen LogP) is 4.13. The van der Waals surface area contributed by atoms with Crippen molar-refractivity contribution in [2.45, 2.75) is 12.8 Å². The quantitative estimate of drug-likeness (QED) is 0.679. The van der Waals surface area contributed by atoms with E-state index < -0.39 is 16.7 Å². The van der Waals surface area contributed by atoms with Gasteiger partial charge in [0.2, 0.25) is 5.91 Å². The predicted molar refractivity (Wildman–Crippen MR) is 81.6 cm³/mol. The highest BCUT2D eigenvalue weighted by molar-refractivity contribution is 6.31. The Balaban J connectivity index is 2.11. The van der Waals surface area contributed by atoms with E-state index in [0.717, 1.165) is 6.07 Å². The summed E-state index contributed by atoms with van der Waals surface area (Å²) >= 11 is 5.65. The Morgan fingerprint density at radius 1 is 1.27 bits per heavy atom. The second-order valence-electron chi connectivity index (χ2n) is 4.69. The third-order valence-corrected chi connectivity index (χ3v) is 3.47. The first-order valence-corrected chi connectivity index (χ1v) is 6.76. The van der Waals surface area contributed by atoms with Crippen LogP contribution in [0.15, 0.2) is 42.5 Å². The van der Waals surface area contributed by atoms with Gasteiger partial charge in [-0.25, -0.2) is 4.39 Å². The molecular weight excluding hydrogens is 311 g/mol. The van der Waals surface area contributed by atoms with Crippen LogP contribution >= 0.6 is 11.6 Å². The van der Waals surface area contributed by atoms with Crippen molar-refractivity contribution in [3.8, 4) is 0 Å². The molecule has 0 saturated heterocycles. The fourth-order valence-corrected chi connectivity index (χ4v) is 2.04. The molecule has 0 radical (unpaired) electrons. The van der Waals surface area contributed by atoms with Gasteiger partial charge in [-0.05, 0) is 30.7 Å². The Hall–Kier alpha value is -2.47. The van der Waals surface area contributed by atoms with Gasteiger partial charge in [-0.2, -0.15) is 0 Å². The number of non-ortho nitro benzene ring substituents is 1. The van der Waals surface area contributed by atoms with E-state index >= 15 is 0 Å².